The third kappa shape index (κ3) is 3.65. The number of hydrogen-bond acceptors (Lipinski definition) is 5. The Labute approximate surface area is 115 Å². The summed E-state index contributed by atoms with van der Waals surface area (Å²) in [4.78, 5) is 10.2. The molecule has 0 bridgehead atoms. The number of nitrogens with one attached hydrogen (secondary N) is 1. The molecule has 0 saturated carbocycles. The molecule has 0 aromatic heterocycles. The molecule has 3 N–H and O–H groups in total. The Kier molecular flexibility index (Phi) is 4.69. The van der Waals surface area contributed by atoms with Crippen LogP contribution in [0.2, 0.25) is 0 Å². The highest BCUT2D eigenvalue weighted by atomic mass is 32.2. The van der Waals surface area contributed by atoms with Crippen molar-refractivity contribution in [1.29, 1.82) is 0 Å². The van der Waals surface area contributed by atoms with Crippen LogP contribution in [0.4, 0.5) is 4.39 Å². The van der Waals surface area contributed by atoms with Gasteiger partial charge in [0.1, 0.15) is 0 Å². The molecule has 112 valence electrons. The van der Waals surface area contributed by atoms with Crippen LogP contribution in [0.15, 0.2) is 23.1 Å². The quantitative estimate of drug-likeness (QED) is 0.679. The number of sulfonamides is 1. The molecule has 0 saturated heterocycles. The minimum Gasteiger partial charge on any atom is -0.494 e. The molecular weight excluding hydrogens is 293 g/mol. The van der Waals surface area contributed by atoms with Crippen LogP contribution in [-0.4, -0.2) is 43.9 Å². The van der Waals surface area contributed by atoms with E-state index in [9.17, 15) is 22.7 Å². The first-order valence-electron chi connectivity index (χ1n) is 5.39. The maximum absolute atomic E-state index is 13.4. The van der Waals surface area contributed by atoms with E-state index in [1.165, 1.54) is 7.11 Å². The van der Waals surface area contributed by atoms with E-state index in [4.69, 9.17) is 5.11 Å². The smallest absolute Gasteiger partial charge is 0.336 e. The van der Waals surface area contributed by atoms with Crippen LogP contribution in [0.3, 0.4) is 0 Å². The van der Waals surface area contributed by atoms with E-state index in [0.29, 0.717) is 0 Å². The summed E-state index contributed by atoms with van der Waals surface area (Å²) in [5.41, 5.74) is -2.27. The number of halogens is 1. The predicted octanol–water partition coefficient (Wildman–Crippen LogP) is -0.0518. The molecule has 0 aliphatic heterocycles. The van der Waals surface area contributed by atoms with Gasteiger partial charge >= 0.3 is 5.97 Å². The summed E-state index contributed by atoms with van der Waals surface area (Å²) in [7, 11) is -2.91. The molecule has 20 heavy (non-hydrogen) atoms. The summed E-state index contributed by atoms with van der Waals surface area (Å²) in [5, 5.41) is 18.1. The van der Waals surface area contributed by atoms with Crippen molar-refractivity contribution < 1.29 is 32.6 Å². The second-order valence-corrected chi connectivity index (χ2v) is 5.97. The standard InChI is InChI=1S/C11H14FNO6S/c1-11(16,10(14)15)6-13-20(17,18)7-3-4-9(19-2)8(12)5-7/h3-5,13,16H,6H2,1-2H3,(H,14,15). The summed E-state index contributed by atoms with van der Waals surface area (Å²) in [5.74, 6) is -2.58. The van der Waals surface area contributed by atoms with Crippen LogP contribution in [0.5, 0.6) is 5.75 Å². The van der Waals surface area contributed by atoms with Crippen molar-refractivity contribution in [3.63, 3.8) is 0 Å². The molecule has 0 heterocycles. The highest BCUT2D eigenvalue weighted by Gasteiger charge is 2.32. The lowest BCUT2D eigenvalue weighted by molar-refractivity contribution is -0.155. The molecule has 0 aliphatic carbocycles. The van der Waals surface area contributed by atoms with Crippen molar-refractivity contribution in [2.24, 2.45) is 0 Å². The molecule has 1 atom stereocenters. The minimum absolute atomic E-state index is 0.124. The molecule has 0 spiro atoms. The second kappa shape index (κ2) is 5.73. The summed E-state index contributed by atoms with van der Waals surface area (Å²) >= 11 is 0. The van der Waals surface area contributed by atoms with E-state index < -0.39 is 38.9 Å². The molecule has 9 heteroatoms. The lowest BCUT2D eigenvalue weighted by Crippen LogP contribution is -2.46. The number of ether oxygens (including phenoxy) is 1. The van der Waals surface area contributed by atoms with E-state index in [0.717, 1.165) is 25.1 Å². The molecule has 0 fully saturated rings. The number of hydrogen-bond donors (Lipinski definition) is 3. The van der Waals surface area contributed by atoms with Gasteiger partial charge in [-0.2, -0.15) is 0 Å². The molecule has 1 aromatic carbocycles. The van der Waals surface area contributed by atoms with Crippen molar-refractivity contribution in [3.8, 4) is 5.75 Å². The predicted molar refractivity (Wildman–Crippen MR) is 66.4 cm³/mol. The Morgan fingerprint density at radius 3 is 2.55 bits per heavy atom. The van der Waals surface area contributed by atoms with Gasteiger partial charge in [0.25, 0.3) is 0 Å². The number of methoxy groups -OCH3 is 1. The van der Waals surface area contributed by atoms with E-state index in [1.807, 2.05) is 4.72 Å². The van der Waals surface area contributed by atoms with Gasteiger partial charge in [-0.25, -0.2) is 22.3 Å². The van der Waals surface area contributed by atoms with E-state index in [2.05, 4.69) is 4.74 Å². The van der Waals surface area contributed by atoms with Gasteiger partial charge in [-0.05, 0) is 25.1 Å². The first kappa shape index (κ1) is 16.3. The van der Waals surface area contributed by atoms with Crippen LogP contribution in [-0.2, 0) is 14.8 Å². The number of benzene rings is 1. The fourth-order valence-electron chi connectivity index (χ4n) is 1.21. The number of carboxylic acids is 1. The molecule has 7 nitrogen and oxygen atoms in total. The van der Waals surface area contributed by atoms with Crippen molar-refractivity contribution in [2.75, 3.05) is 13.7 Å². The fourth-order valence-corrected chi connectivity index (χ4v) is 2.35. The average Bonchev–Trinajstić information content (AvgIpc) is 2.36. The Bertz CT molecular complexity index is 613. The van der Waals surface area contributed by atoms with Gasteiger partial charge in [0.15, 0.2) is 17.2 Å². The van der Waals surface area contributed by atoms with Gasteiger partial charge in [0, 0.05) is 0 Å². The third-order valence-electron chi connectivity index (χ3n) is 2.50. The zero-order valence-electron chi connectivity index (χ0n) is 10.8. The van der Waals surface area contributed by atoms with E-state index in [1.54, 1.807) is 0 Å². The van der Waals surface area contributed by atoms with Crippen molar-refractivity contribution in [3.05, 3.63) is 24.0 Å². The maximum atomic E-state index is 13.4. The van der Waals surface area contributed by atoms with E-state index >= 15 is 0 Å². The van der Waals surface area contributed by atoms with Crippen LogP contribution in [0.1, 0.15) is 6.92 Å². The zero-order chi connectivity index (χ0) is 15.6. The van der Waals surface area contributed by atoms with Crippen LogP contribution < -0.4 is 9.46 Å². The summed E-state index contributed by atoms with van der Waals surface area (Å²) in [6.07, 6.45) is 0. The summed E-state index contributed by atoms with van der Waals surface area (Å²) in [6, 6.07) is 2.95. The van der Waals surface area contributed by atoms with Gasteiger partial charge in [0.05, 0.1) is 18.6 Å². The number of aliphatic carboxylic acids is 1. The van der Waals surface area contributed by atoms with Crippen molar-refractivity contribution in [1.82, 2.24) is 4.72 Å². The van der Waals surface area contributed by atoms with Gasteiger partial charge in [0.2, 0.25) is 10.0 Å². The monoisotopic (exact) mass is 307 g/mol. The summed E-state index contributed by atoms with van der Waals surface area (Å²) in [6.45, 7) is 0.185. The maximum Gasteiger partial charge on any atom is 0.336 e. The first-order valence-corrected chi connectivity index (χ1v) is 6.87. The fraction of sp³-hybridized carbons (Fsp3) is 0.364. The minimum atomic E-state index is -4.14. The number of carbonyl (C=O) groups is 1. The molecular formula is C11H14FNO6S. The van der Waals surface area contributed by atoms with Crippen molar-refractivity contribution >= 4 is 16.0 Å². The number of carboxylic acid groups (broad SMARTS) is 1. The zero-order valence-corrected chi connectivity index (χ0v) is 11.6. The SMILES string of the molecule is COc1ccc(S(=O)(=O)NCC(C)(O)C(=O)O)cc1F. The van der Waals surface area contributed by atoms with Crippen LogP contribution >= 0.6 is 0 Å². The molecule has 1 rings (SSSR count). The summed E-state index contributed by atoms with van der Waals surface area (Å²) < 4.78 is 43.6. The Morgan fingerprint density at radius 1 is 1.50 bits per heavy atom. The highest BCUT2D eigenvalue weighted by Crippen LogP contribution is 2.20. The molecule has 0 amide bonds. The third-order valence-corrected chi connectivity index (χ3v) is 3.90. The largest absolute Gasteiger partial charge is 0.494 e. The average molecular weight is 307 g/mol. The second-order valence-electron chi connectivity index (χ2n) is 4.20. The molecule has 1 aromatic rings. The van der Waals surface area contributed by atoms with Gasteiger partial charge in [-0.3, -0.25) is 0 Å². The Balaban J connectivity index is 2.95. The Morgan fingerprint density at radius 2 is 2.10 bits per heavy atom. The van der Waals surface area contributed by atoms with Gasteiger partial charge in [-0.1, -0.05) is 0 Å². The molecule has 0 radical (unpaired) electrons. The number of aliphatic hydroxyl groups is 1. The van der Waals surface area contributed by atoms with E-state index in [-0.39, 0.29) is 5.75 Å². The van der Waals surface area contributed by atoms with Crippen molar-refractivity contribution in [2.45, 2.75) is 17.4 Å². The lowest BCUT2D eigenvalue weighted by atomic mass is 10.1. The highest BCUT2D eigenvalue weighted by molar-refractivity contribution is 7.89. The van der Waals surface area contributed by atoms with Crippen LogP contribution in [0, 0.1) is 5.82 Å². The lowest BCUT2D eigenvalue weighted by Gasteiger charge is -2.18. The molecule has 0 aliphatic rings. The van der Waals surface area contributed by atoms with Gasteiger partial charge in [-0.15, -0.1) is 0 Å². The normalized spacial score (nSPS) is 14.6. The Hall–Kier alpha value is -1.71. The van der Waals surface area contributed by atoms with Gasteiger partial charge < -0.3 is 14.9 Å². The molecule has 1 unspecified atom stereocenters. The first-order chi connectivity index (χ1) is 9.10. The van der Waals surface area contributed by atoms with Crippen LogP contribution in [0.25, 0.3) is 0 Å². The topological polar surface area (TPSA) is 113 Å². The number of rotatable bonds is 6.